The highest BCUT2D eigenvalue weighted by Gasteiger charge is 2.14. The highest BCUT2D eigenvalue weighted by molar-refractivity contribution is 7.80. The quantitative estimate of drug-likeness (QED) is 0.563. The van der Waals surface area contributed by atoms with Crippen LogP contribution in [0.25, 0.3) is 10.9 Å². The number of aromatic nitrogens is 1. The van der Waals surface area contributed by atoms with Gasteiger partial charge in [-0.3, -0.25) is 0 Å². The van der Waals surface area contributed by atoms with Crippen molar-refractivity contribution >= 4 is 33.9 Å². The van der Waals surface area contributed by atoms with Gasteiger partial charge in [-0.2, -0.15) is 0 Å². The summed E-state index contributed by atoms with van der Waals surface area (Å²) in [6.45, 7) is 5.41. The fraction of sp³-hybridized carbons (Fsp3) is 0.438. The summed E-state index contributed by atoms with van der Waals surface area (Å²) in [7, 11) is 1.79. The molecule has 1 aromatic heterocycles. The Kier molecular flexibility index (Phi) is 5.39. The lowest BCUT2D eigenvalue weighted by molar-refractivity contribution is -0.906. The second-order valence-corrected chi connectivity index (χ2v) is 6.18. The Bertz CT molecular complexity index is 752. The fourth-order valence-corrected chi connectivity index (χ4v) is 2.99. The van der Waals surface area contributed by atoms with Gasteiger partial charge in [0, 0.05) is 12.4 Å². The number of nitrogens with one attached hydrogen (secondary N) is 2. The summed E-state index contributed by atoms with van der Waals surface area (Å²) in [5.74, 6) is 0.0838. The van der Waals surface area contributed by atoms with Crippen LogP contribution >= 0.6 is 12.2 Å². The summed E-state index contributed by atoms with van der Waals surface area (Å²) in [4.78, 5) is 1.50. The van der Waals surface area contributed by atoms with E-state index in [1.807, 2.05) is 24.3 Å². The Morgan fingerprint density at radius 1 is 1.38 bits per heavy atom. The molecule has 1 aliphatic heterocycles. The molecule has 0 atom stereocenters. The summed E-state index contributed by atoms with van der Waals surface area (Å²) in [6.07, 6.45) is 0. The average molecular weight is 348 g/mol. The lowest BCUT2D eigenvalue weighted by Gasteiger charge is -2.23. The number of quaternary nitrogens is 1. The van der Waals surface area contributed by atoms with Gasteiger partial charge in [0.1, 0.15) is 13.1 Å². The van der Waals surface area contributed by atoms with E-state index in [4.69, 9.17) is 17.0 Å². The molecule has 1 aliphatic rings. The minimum atomic E-state index is 0.0838. The molecule has 7 nitrogen and oxygen atoms in total. The molecule has 1 aromatic carbocycles. The van der Waals surface area contributed by atoms with Crippen LogP contribution in [0.2, 0.25) is 0 Å². The zero-order valence-corrected chi connectivity index (χ0v) is 14.5. The molecule has 128 valence electrons. The van der Waals surface area contributed by atoms with Crippen molar-refractivity contribution < 1.29 is 14.7 Å². The lowest BCUT2D eigenvalue weighted by atomic mass is 10.2. The van der Waals surface area contributed by atoms with Crippen LogP contribution in [0, 0.1) is 0 Å². The first kappa shape index (κ1) is 16.8. The van der Waals surface area contributed by atoms with Crippen molar-refractivity contribution in [1.29, 1.82) is 0 Å². The van der Waals surface area contributed by atoms with Crippen LogP contribution in [-0.4, -0.2) is 54.2 Å². The van der Waals surface area contributed by atoms with E-state index in [0.29, 0.717) is 10.8 Å². The van der Waals surface area contributed by atoms with Crippen molar-refractivity contribution in [2.75, 3.05) is 39.4 Å². The molecule has 8 heteroatoms. The van der Waals surface area contributed by atoms with Gasteiger partial charge >= 0.3 is 0 Å². The monoisotopic (exact) mass is 348 g/mol. The van der Waals surface area contributed by atoms with Crippen molar-refractivity contribution in [2.24, 2.45) is 17.3 Å². The molecule has 0 bridgehead atoms. The number of thiocarbonyl (C=S) groups is 1. The summed E-state index contributed by atoms with van der Waals surface area (Å²) in [6, 6.07) is 7.66. The number of morpholine rings is 1. The van der Waals surface area contributed by atoms with Crippen LogP contribution in [0.4, 0.5) is 5.69 Å². The van der Waals surface area contributed by atoms with Gasteiger partial charge in [-0.05, 0) is 18.3 Å². The van der Waals surface area contributed by atoms with Gasteiger partial charge < -0.3 is 24.6 Å². The molecule has 3 N–H and O–H groups in total. The van der Waals surface area contributed by atoms with Crippen molar-refractivity contribution in [2.45, 2.75) is 0 Å². The molecule has 0 spiro atoms. The lowest BCUT2D eigenvalue weighted by Crippen LogP contribution is -3.14. The Hall–Kier alpha value is -2.03. The van der Waals surface area contributed by atoms with Crippen LogP contribution in [0.5, 0.6) is 5.88 Å². The van der Waals surface area contributed by atoms with E-state index >= 15 is 0 Å². The number of aromatic hydroxyl groups is 1. The standard InChI is InChI=1S/C16H21N5O2S/c1-20-13-5-3-2-4-12(13)14(15(20)22)18-19-16(24)17-6-7-21-8-10-23-11-9-21/h2-5,22H,6-11H2,1H3,(H,17,24)/p+1. The molecule has 0 saturated carbocycles. The average Bonchev–Trinajstić information content (AvgIpc) is 2.85. The smallest absolute Gasteiger partial charge is 0.220 e. The first-order valence-corrected chi connectivity index (χ1v) is 8.45. The van der Waals surface area contributed by atoms with Crippen LogP contribution in [0.15, 0.2) is 34.5 Å². The SMILES string of the molecule is Cn1c(O)c(N=NC(=S)NCC[NH+]2CCOCC2)c2ccccc21. The second-order valence-electron chi connectivity index (χ2n) is 5.79. The van der Waals surface area contributed by atoms with Crippen molar-refractivity contribution in [3.05, 3.63) is 24.3 Å². The van der Waals surface area contributed by atoms with E-state index < -0.39 is 0 Å². The van der Waals surface area contributed by atoms with Gasteiger partial charge in [0.25, 0.3) is 0 Å². The van der Waals surface area contributed by atoms with Crippen LogP contribution in [0.3, 0.4) is 0 Å². The van der Waals surface area contributed by atoms with Gasteiger partial charge in [-0.15, -0.1) is 10.2 Å². The van der Waals surface area contributed by atoms with E-state index in [2.05, 4.69) is 15.5 Å². The summed E-state index contributed by atoms with van der Waals surface area (Å²) < 4.78 is 7.02. The number of hydrogen-bond donors (Lipinski definition) is 3. The van der Waals surface area contributed by atoms with Crippen LogP contribution < -0.4 is 10.2 Å². The molecule has 1 saturated heterocycles. The summed E-state index contributed by atoms with van der Waals surface area (Å²) >= 11 is 5.20. The van der Waals surface area contributed by atoms with E-state index in [-0.39, 0.29) is 5.88 Å². The number of azo groups is 1. The highest BCUT2D eigenvalue weighted by atomic mass is 32.1. The van der Waals surface area contributed by atoms with Gasteiger partial charge in [-0.1, -0.05) is 18.2 Å². The molecule has 0 radical (unpaired) electrons. The first-order valence-electron chi connectivity index (χ1n) is 8.04. The van der Waals surface area contributed by atoms with Gasteiger partial charge in [-0.25, -0.2) is 0 Å². The molecule has 2 aromatic rings. The molecule has 0 unspecified atom stereocenters. The Morgan fingerprint density at radius 2 is 2.12 bits per heavy atom. The third-order valence-electron chi connectivity index (χ3n) is 4.25. The molecule has 0 aliphatic carbocycles. The number of para-hydroxylation sites is 1. The predicted octanol–water partition coefficient (Wildman–Crippen LogP) is 0.757. The molecular formula is C16H22N5O2S+. The third-order valence-corrected chi connectivity index (χ3v) is 4.47. The van der Waals surface area contributed by atoms with Crippen molar-refractivity contribution in [1.82, 2.24) is 9.88 Å². The van der Waals surface area contributed by atoms with Gasteiger partial charge in [0.15, 0.2) is 5.69 Å². The predicted molar refractivity (Wildman–Crippen MR) is 96.1 cm³/mol. The van der Waals surface area contributed by atoms with E-state index in [9.17, 15) is 5.11 Å². The van der Waals surface area contributed by atoms with Gasteiger partial charge in [0.2, 0.25) is 11.0 Å². The maximum absolute atomic E-state index is 10.2. The van der Waals surface area contributed by atoms with Gasteiger partial charge in [0.05, 0.1) is 31.8 Å². The molecular weight excluding hydrogens is 326 g/mol. The number of fused-ring (bicyclic) bond motifs is 1. The van der Waals surface area contributed by atoms with Crippen LogP contribution in [-0.2, 0) is 11.8 Å². The molecule has 24 heavy (non-hydrogen) atoms. The number of benzene rings is 1. The minimum Gasteiger partial charge on any atom is -0.493 e. The molecule has 2 heterocycles. The third kappa shape index (κ3) is 3.72. The number of nitrogens with zero attached hydrogens (tertiary/aromatic N) is 3. The summed E-state index contributed by atoms with van der Waals surface area (Å²) in [5, 5.41) is 22.7. The normalized spacial score (nSPS) is 16.0. The maximum atomic E-state index is 10.2. The number of hydrogen-bond acceptors (Lipinski definition) is 4. The van der Waals surface area contributed by atoms with Crippen molar-refractivity contribution in [3.8, 4) is 5.88 Å². The minimum absolute atomic E-state index is 0.0838. The Morgan fingerprint density at radius 3 is 2.92 bits per heavy atom. The highest BCUT2D eigenvalue weighted by Crippen LogP contribution is 2.37. The largest absolute Gasteiger partial charge is 0.493 e. The van der Waals surface area contributed by atoms with E-state index in [0.717, 1.165) is 50.3 Å². The molecule has 1 fully saturated rings. The number of rotatable bonds is 4. The number of aryl methyl sites for hydroxylation is 1. The topological polar surface area (TPSA) is 75.6 Å². The Labute approximate surface area is 145 Å². The van der Waals surface area contributed by atoms with Crippen LogP contribution in [0.1, 0.15) is 0 Å². The first-order chi connectivity index (χ1) is 11.7. The zero-order chi connectivity index (χ0) is 16.9. The zero-order valence-electron chi connectivity index (χ0n) is 13.7. The molecule has 0 amide bonds. The molecule has 3 rings (SSSR count). The fourth-order valence-electron chi connectivity index (χ4n) is 2.85. The maximum Gasteiger partial charge on any atom is 0.220 e. The van der Waals surface area contributed by atoms with Crippen molar-refractivity contribution in [3.63, 3.8) is 0 Å². The van der Waals surface area contributed by atoms with E-state index in [1.165, 1.54) is 4.90 Å². The second kappa shape index (κ2) is 7.69. The number of ether oxygens (including phenoxy) is 1. The summed E-state index contributed by atoms with van der Waals surface area (Å²) in [5.41, 5.74) is 1.34. The Balaban J connectivity index is 1.59. The van der Waals surface area contributed by atoms with E-state index in [1.54, 1.807) is 11.6 Å².